The number of nitrogens with one attached hydrogen (secondary N) is 1. The highest BCUT2D eigenvalue weighted by atomic mass is 35.5. The molecule has 2 aromatic rings. The third-order valence-corrected chi connectivity index (χ3v) is 7.38. The molecule has 0 fully saturated rings. The molecule has 2 aromatic carbocycles. The van der Waals surface area contributed by atoms with Gasteiger partial charge >= 0.3 is 18.5 Å². The van der Waals surface area contributed by atoms with Crippen molar-refractivity contribution in [2.24, 2.45) is 0 Å². The highest BCUT2D eigenvalue weighted by molar-refractivity contribution is 7.99. The summed E-state index contributed by atoms with van der Waals surface area (Å²) in [6.45, 7) is 1.42. The maximum absolute atomic E-state index is 13.7. The number of allylic oxidation sites excluding steroid dienone is 1. The average molecular weight is 647 g/mol. The number of amides is 1. The van der Waals surface area contributed by atoms with Crippen molar-refractivity contribution in [3.63, 3.8) is 0 Å². The van der Waals surface area contributed by atoms with Gasteiger partial charge in [-0.05, 0) is 54.5 Å². The molecule has 0 heterocycles. The fourth-order valence-corrected chi connectivity index (χ4v) is 4.80. The molecule has 39 heavy (non-hydrogen) atoms. The quantitative estimate of drug-likeness (QED) is 0.167. The molecule has 2 nitrogen and oxygen atoms in total. The summed E-state index contributed by atoms with van der Waals surface area (Å²) in [5, 5.41) is 1.64. The van der Waals surface area contributed by atoms with Crippen LogP contribution in [0.1, 0.15) is 46.3 Å². The lowest BCUT2D eigenvalue weighted by atomic mass is 9.96. The highest BCUT2D eigenvalue weighted by Gasteiger charge is 2.40. The molecule has 0 aromatic heterocycles. The average Bonchev–Trinajstić information content (AvgIpc) is 2.78. The van der Waals surface area contributed by atoms with Crippen molar-refractivity contribution in [3.05, 3.63) is 73.7 Å². The van der Waals surface area contributed by atoms with Crippen LogP contribution in [-0.2, 0) is 6.18 Å². The summed E-state index contributed by atoms with van der Waals surface area (Å²) in [4.78, 5) is 12.5. The second-order valence-corrected chi connectivity index (χ2v) is 10.6. The van der Waals surface area contributed by atoms with Gasteiger partial charge in [-0.2, -0.15) is 51.3 Å². The number of halogens is 12. The molecule has 2 atom stereocenters. The zero-order valence-electron chi connectivity index (χ0n) is 19.7. The molecular weight excluding hydrogens is 628 g/mol. The van der Waals surface area contributed by atoms with Gasteiger partial charge in [-0.15, -0.1) is 0 Å². The SMILES string of the molecule is C[C@H](CCSCC(F)(F)F)NC(=O)c1ccc(/C=C/C(c2cc(Cl)c(Cl)c(Cl)c2)C(F)(F)F)cc1C(F)(F)F. The fourth-order valence-electron chi connectivity index (χ4n) is 3.29. The number of carbonyl (C=O) groups is 1. The van der Waals surface area contributed by atoms with Crippen molar-refractivity contribution in [2.45, 2.75) is 43.8 Å². The van der Waals surface area contributed by atoms with Gasteiger partial charge in [0.05, 0.1) is 37.9 Å². The minimum absolute atomic E-state index is 0.00122. The molecule has 0 saturated carbocycles. The van der Waals surface area contributed by atoms with Crippen LogP contribution in [0.15, 0.2) is 36.4 Å². The Morgan fingerprint density at radius 1 is 0.974 bits per heavy atom. The summed E-state index contributed by atoms with van der Waals surface area (Å²) in [6.07, 6.45) is -12.8. The fraction of sp³-hybridized carbons (Fsp3) is 0.375. The zero-order chi connectivity index (χ0) is 29.8. The Hall–Kier alpha value is -1.76. The van der Waals surface area contributed by atoms with Gasteiger partial charge in [-0.25, -0.2) is 0 Å². The second kappa shape index (κ2) is 13.3. The van der Waals surface area contributed by atoms with Gasteiger partial charge in [-0.3, -0.25) is 4.79 Å². The topological polar surface area (TPSA) is 29.1 Å². The number of carbonyl (C=O) groups excluding carboxylic acids is 1. The molecule has 1 N–H and O–H groups in total. The van der Waals surface area contributed by atoms with Crippen molar-refractivity contribution >= 4 is 58.5 Å². The van der Waals surface area contributed by atoms with Crippen LogP contribution in [0.4, 0.5) is 39.5 Å². The van der Waals surface area contributed by atoms with E-state index in [2.05, 4.69) is 5.32 Å². The first kappa shape index (κ1) is 33.4. The number of alkyl halides is 9. The first-order valence-electron chi connectivity index (χ1n) is 10.9. The minimum atomic E-state index is -5.04. The van der Waals surface area contributed by atoms with Crippen LogP contribution in [0.3, 0.4) is 0 Å². The summed E-state index contributed by atoms with van der Waals surface area (Å²) >= 11 is 18.0. The van der Waals surface area contributed by atoms with Crippen molar-refractivity contribution in [2.75, 3.05) is 11.5 Å². The van der Waals surface area contributed by atoms with Gasteiger partial charge in [-0.1, -0.05) is 53.0 Å². The molecule has 2 rings (SSSR count). The largest absolute Gasteiger partial charge is 0.417 e. The molecule has 15 heteroatoms. The Morgan fingerprint density at radius 3 is 2.08 bits per heavy atom. The Morgan fingerprint density at radius 2 is 1.56 bits per heavy atom. The van der Waals surface area contributed by atoms with Crippen LogP contribution in [-0.4, -0.2) is 35.8 Å². The predicted octanol–water partition coefficient (Wildman–Crippen LogP) is 9.83. The third kappa shape index (κ3) is 10.3. The first-order valence-corrected chi connectivity index (χ1v) is 13.1. The highest BCUT2D eigenvalue weighted by Crippen LogP contribution is 2.41. The van der Waals surface area contributed by atoms with E-state index in [1.807, 2.05) is 0 Å². The van der Waals surface area contributed by atoms with Gasteiger partial charge < -0.3 is 5.32 Å². The van der Waals surface area contributed by atoms with Crippen molar-refractivity contribution in [3.8, 4) is 0 Å². The lowest BCUT2D eigenvalue weighted by Crippen LogP contribution is -2.34. The van der Waals surface area contributed by atoms with Crippen molar-refractivity contribution in [1.29, 1.82) is 0 Å². The summed E-state index contributed by atoms with van der Waals surface area (Å²) in [7, 11) is 0. The lowest BCUT2D eigenvalue weighted by molar-refractivity contribution is -0.139. The summed E-state index contributed by atoms with van der Waals surface area (Å²) in [5.41, 5.74) is -2.87. The molecule has 1 amide bonds. The molecule has 1 unspecified atom stereocenters. The van der Waals surface area contributed by atoms with Gasteiger partial charge in [0.25, 0.3) is 5.91 Å². The molecule has 0 bridgehead atoms. The smallest absolute Gasteiger partial charge is 0.350 e. The Kier molecular flexibility index (Phi) is 11.4. The predicted molar refractivity (Wildman–Crippen MR) is 136 cm³/mol. The molecule has 0 radical (unpaired) electrons. The van der Waals surface area contributed by atoms with E-state index in [9.17, 15) is 44.3 Å². The molecule has 0 saturated heterocycles. The molecule has 0 spiro atoms. The summed E-state index contributed by atoms with van der Waals surface area (Å²) in [5.74, 6) is -4.53. The van der Waals surface area contributed by atoms with E-state index in [0.29, 0.717) is 23.9 Å². The monoisotopic (exact) mass is 645 g/mol. The van der Waals surface area contributed by atoms with E-state index >= 15 is 0 Å². The number of benzene rings is 2. The van der Waals surface area contributed by atoms with Crippen LogP contribution in [0.25, 0.3) is 6.08 Å². The molecular formula is C24H19Cl3F9NOS. The lowest BCUT2D eigenvalue weighted by Gasteiger charge is -2.19. The van der Waals surface area contributed by atoms with E-state index in [-0.39, 0.29) is 32.8 Å². The maximum atomic E-state index is 13.7. The maximum Gasteiger partial charge on any atom is 0.417 e. The van der Waals surface area contributed by atoms with Crippen LogP contribution in [0.2, 0.25) is 15.1 Å². The zero-order valence-corrected chi connectivity index (χ0v) is 22.8. The summed E-state index contributed by atoms with van der Waals surface area (Å²) < 4.78 is 119. The van der Waals surface area contributed by atoms with Crippen LogP contribution < -0.4 is 5.32 Å². The second-order valence-electron chi connectivity index (χ2n) is 8.31. The number of thioether (sulfide) groups is 1. The van der Waals surface area contributed by atoms with E-state index in [1.165, 1.54) is 6.92 Å². The molecule has 0 aliphatic heterocycles. The van der Waals surface area contributed by atoms with Crippen LogP contribution >= 0.6 is 46.6 Å². The number of rotatable bonds is 9. The van der Waals surface area contributed by atoms with E-state index in [4.69, 9.17) is 34.8 Å². The van der Waals surface area contributed by atoms with Gasteiger partial charge in [0, 0.05) is 6.04 Å². The van der Waals surface area contributed by atoms with Crippen LogP contribution in [0, 0.1) is 0 Å². The standard InChI is InChI=1S/C24H19Cl3F9NOS/c1-12(6-7-39-11-22(28,29)30)37-21(38)15-4-2-13(8-17(15)24(34,35)36)3-5-16(23(31,32)33)14-9-18(25)20(27)19(26)10-14/h2-5,8-10,12,16H,6-7,11H2,1H3,(H,37,38)/b5-3+/t12-,16?/m1/s1. The number of hydrogen-bond acceptors (Lipinski definition) is 2. The Bertz CT molecular complexity index is 1170. The summed E-state index contributed by atoms with van der Waals surface area (Å²) in [6, 6.07) is 3.49. The van der Waals surface area contributed by atoms with Gasteiger partial charge in [0.1, 0.15) is 0 Å². The minimum Gasteiger partial charge on any atom is -0.350 e. The van der Waals surface area contributed by atoms with E-state index < -0.39 is 58.8 Å². The van der Waals surface area contributed by atoms with E-state index in [0.717, 1.165) is 30.3 Å². The molecule has 0 aliphatic rings. The van der Waals surface area contributed by atoms with Gasteiger partial charge in [0.2, 0.25) is 0 Å². The van der Waals surface area contributed by atoms with Crippen molar-refractivity contribution < 1.29 is 44.3 Å². The molecule has 0 aliphatic carbocycles. The van der Waals surface area contributed by atoms with Gasteiger partial charge in [0.15, 0.2) is 0 Å². The third-order valence-electron chi connectivity index (χ3n) is 5.13. The van der Waals surface area contributed by atoms with Crippen molar-refractivity contribution in [1.82, 2.24) is 5.32 Å². The first-order chi connectivity index (χ1) is 17.8. The van der Waals surface area contributed by atoms with E-state index in [1.54, 1.807) is 0 Å². The molecule has 216 valence electrons. The Balaban J connectivity index is 2.29. The Labute approximate surface area is 236 Å². The number of hydrogen-bond donors (Lipinski definition) is 1. The normalized spacial score (nSPS) is 14.5. The van der Waals surface area contributed by atoms with Crippen LogP contribution in [0.5, 0.6) is 0 Å².